The minimum absolute atomic E-state index is 0.00658. The van der Waals surface area contributed by atoms with E-state index >= 15 is 0 Å². The van der Waals surface area contributed by atoms with Crippen LogP contribution in [0.3, 0.4) is 0 Å². The molecule has 0 bridgehead atoms. The highest BCUT2D eigenvalue weighted by molar-refractivity contribution is 6.13. The number of nitrogens with zero attached hydrogens (tertiary/aromatic N) is 2. The van der Waals surface area contributed by atoms with E-state index in [-0.39, 0.29) is 18.0 Å². The van der Waals surface area contributed by atoms with Crippen LogP contribution >= 0.6 is 0 Å². The van der Waals surface area contributed by atoms with Gasteiger partial charge in [-0.2, -0.15) is 0 Å². The lowest BCUT2D eigenvalue weighted by atomic mass is 10.2. The van der Waals surface area contributed by atoms with Gasteiger partial charge in [0.25, 0.3) is 5.91 Å². The molecular weight excluding hydrogens is 314 g/mol. The molecule has 1 fully saturated rings. The summed E-state index contributed by atoms with van der Waals surface area (Å²) >= 11 is 0. The summed E-state index contributed by atoms with van der Waals surface area (Å²) in [5.74, 6) is -0.805. The number of esters is 1. The Labute approximate surface area is 136 Å². The highest BCUT2D eigenvalue weighted by atomic mass is 16.5. The van der Waals surface area contributed by atoms with E-state index in [1.807, 2.05) is 0 Å². The fourth-order valence-corrected chi connectivity index (χ4v) is 2.17. The van der Waals surface area contributed by atoms with E-state index in [1.54, 1.807) is 30.6 Å². The summed E-state index contributed by atoms with van der Waals surface area (Å²) in [7, 11) is 1.23. The third-order valence-corrected chi connectivity index (χ3v) is 3.34. The number of ether oxygens (including phenoxy) is 1. The standard InChI is InChI=1S/C16H13N3O5/c1-23-15(21)13-3-2-11(24-13)9-19-14(20)12(18-16(19)22)8-10-4-6-17-7-5-10/h2-8H,9H2,1H3,(H,18,22)/b12-8-. The lowest BCUT2D eigenvalue weighted by Gasteiger charge is -2.09. The lowest BCUT2D eigenvalue weighted by Crippen LogP contribution is -2.30. The van der Waals surface area contributed by atoms with Gasteiger partial charge in [0.05, 0.1) is 13.7 Å². The number of imide groups is 1. The molecule has 8 heteroatoms. The fraction of sp³-hybridized carbons (Fsp3) is 0.125. The highest BCUT2D eigenvalue weighted by Gasteiger charge is 2.34. The van der Waals surface area contributed by atoms with Gasteiger partial charge in [-0.15, -0.1) is 0 Å². The molecule has 1 saturated heterocycles. The number of pyridine rings is 1. The smallest absolute Gasteiger partial charge is 0.373 e. The summed E-state index contributed by atoms with van der Waals surface area (Å²) < 4.78 is 9.81. The number of furan rings is 1. The maximum Gasteiger partial charge on any atom is 0.373 e. The van der Waals surface area contributed by atoms with Crippen LogP contribution in [-0.2, 0) is 16.1 Å². The zero-order chi connectivity index (χ0) is 17.1. The Morgan fingerprint density at radius 3 is 2.75 bits per heavy atom. The van der Waals surface area contributed by atoms with Crippen LogP contribution < -0.4 is 5.32 Å². The lowest BCUT2D eigenvalue weighted by molar-refractivity contribution is -0.123. The van der Waals surface area contributed by atoms with Crippen molar-refractivity contribution in [3.8, 4) is 0 Å². The number of aromatic nitrogens is 1. The maximum atomic E-state index is 12.3. The molecule has 0 aliphatic carbocycles. The molecule has 1 N–H and O–H groups in total. The van der Waals surface area contributed by atoms with Crippen LogP contribution in [0, 0.1) is 0 Å². The Morgan fingerprint density at radius 1 is 1.29 bits per heavy atom. The second kappa shape index (κ2) is 6.37. The van der Waals surface area contributed by atoms with Gasteiger partial charge in [-0.3, -0.25) is 14.7 Å². The van der Waals surface area contributed by atoms with Gasteiger partial charge in [-0.05, 0) is 35.9 Å². The SMILES string of the molecule is COC(=O)c1ccc(CN2C(=O)N/C(=C\c3ccncc3)C2=O)o1. The number of hydrogen-bond donors (Lipinski definition) is 1. The number of amides is 3. The molecule has 0 spiro atoms. The van der Waals surface area contributed by atoms with Gasteiger partial charge in [-0.25, -0.2) is 9.59 Å². The summed E-state index contributed by atoms with van der Waals surface area (Å²) in [5.41, 5.74) is 0.896. The monoisotopic (exact) mass is 327 g/mol. The van der Waals surface area contributed by atoms with Crippen molar-refractivity contribution >= 4 is 24.0 Å². The molecule has 1 aliphatic rings. The van der Waals surface area contributed by atoms with Gasteiger partial charge in [-0.1, -0.05) is 0 Å². The van der Waals surface area contributed by atoms with Gasteiger partial charge < -0.3 is 14.5 Å². The summed E-state index contributed by atoms with van der Waals surface area (Å²) in [6, 6.07) is 5.80. The second-order valence-corrected chi connectivity index (χ2v) is 4.92. The van der Waals surface area contributed by atoms with Crippen molar-refractivity contribution in [2.24, 2.45) is 0 Å². The van der Waals surface area contributed by atoms with Crippen molar-refractivity contribution in [1.29, 1.82) is 0 Å². The van der Waals surface area contributed by atoms with E-state index in [2.05, 4.69) is 15.0 Å². The molecule has 0 aromatic carbocycles. The minimum atomic E-state index is -0.628. The summed E-state index contributed by atoms with van der Waals surface area (Å²) in [5, 5.41) is 2.51. The van der Waals surface area contributed by atoms with Crippen LogP contribution in [0.5, 0.6) is 0 Å². The van der Waals surface area contributed by atoms with Crippen molar-refractivity contribution in [3.05, 3.63) is 59.4 Å². The van der Waals surface area contributed by atoms with Crippen LogP contribution in [0.15, 0.2) is 46.8 Å². The predicted octanol–water partition coefficient (Wildman–Crippen LogP) is 1.55. The van der Waals surface area contributed by atoms with Gasteiger partial charge in [0.15, 0.2) is 0 Å². The fourth-order valence-electron chi connectivity index (χ4n) is 2.17. The van der Waals surface area contributed by atoms with E-state index in [9.17, 15) is 14.4 Å². The molecule has 2 aromatic rings. The average molecular weight is 327 g/mol. The number of carbonyl (C=O) groups is 3. The van der Waals surface area contributed by atoms with Gasteiger partial charge in [0, 0.05) is 12.4 Å². The molecule has 3 heterocycles. The Kier molecular flexibility index (Phi) is 4.11. The van der Waals surface area contributed by atoms with Crippen molar-refractivity contribution in [2.45, 2.75) is 6.54 Å². The number of rotatable bonds is 4. The molecule has 8 nitrogen and oxygen atoms in total. The van der Waals surface area contributed by atoms with E-state index < -0.39 is 17.9 Å². The first-order valence-corrected chi connectivity index (χ1v) is 7.00. The zero-order valence-electron chi connectivity index (χ0n) is 12.7. The Morgan fingerprint density at radius 2 is 2.04 bits per heavy atom. The molecular formula is C16H13N3O5. The third kappa shape index (κ3) is 3.02. The van der Waals surface area contributed by atoms with E-state index in [0.29, 0.717) is 5.76 Å². The molecule has 0 unspecified atom stereocenters. The summed E-state index contributed by atoms with van der Waals surface area (Å²) in [4.78, 5) is 40.6. The Bertz CT molecular complexity index is 825. The van der Waals surface area contributed by atoms with Crippen molar-refractivity contribution in [2.75, 3.05) is 7.11 Å². The van der Waals surface area contributed by atoms with Crippen molar-refractivity contribution < 1.29 is 23.5 Å². The molecule has 0 radical (unpaired) electrons. The largest absolute Gasteiger partial charge is 0.463 e. The molecule has 1 aliphatic heterocycles. The second-order valence-electron chi connectivity index (χ2n) is 4.92. The quantitative estimate of drug-likeness (QED) is 0.519. The van der Waals surface area contributed by atoms with Crippen LogP contribution in [0.4, 0.5) is 4.79 Å². The van der Waals surface area contributed by atoms with Crippen LogP contribution in [0.1, 0.15) is 21.9 Å². The summed E-state index contributed by atoms with van der Waals surface area (Å²) in [6.07, 6.45) is 4.73. The van der Waals surface area contributed by atoms with Crippen LogP contribution in [-0.4, -0.2) is 34.9 Å². The third-order valence-electron chi connectivity index (χ3n) is 3.34. The number of methoxy groups -OCH3 is 1. The van der Waals surface area contributed by atoms with Gasteiger partial charge in [0.2, 0.25) is 5.76 Å². The predicted molar refractivity (Wildman–Crippen MR) is 81.3 cm³/mol. The molecule has 3 rings (SSSR count). The van der Waals surface area contributed by atoms with E-state index in [4.69, 9.17) is 4.42 Å². The maximum absolute atomic E-state index is 12.3. The first-order chi connectivity index (χ1) is 11.6. The number of carbonyl (C=O) groups excluding carboxylic acids is 3. The highest BCUT2D eigenvalue weighted by Crippen LogP contribution is 2.18. The molecule has 24 heavy (non-hydrogen) atoms. The van der Waals surface area contributed by atoms with Crippen LogP contribution in [0.2, 0.25) is 0 Å². The zero-order valence-corrected chi connectivity index (χ0v) is 12.7. The molecule has 3 amide bonds. The van der Waals surface area contributed by atoms with E-state index in [1.165, 1.54) is 19.2 Å². The molecule has 0 atom stereocenters. The Hall–Kier alpha value is -3.42. The molecule has 0 saturated carbocycles. The van der Waals surface area contributed by atoms with Crippen molar-refractivity contribution in [1.82, 2.24) is 15.2 Å². The Balaban J connectivity index is 1.76. The van der Waals surface area contributed by atoms with Crippen molar-refractivity contribution in [3.63, 3.8) is 0 Å². The van der Waals surface area contributed by atoms with E-state index in [0.717, 1.165) is 10.5 Å². The topological polar surface area (TPSA) is 102 Å². The number of urea groups is 1. The van der Waals surface area contributed by atoms with Crippen LogP contribution in [0.25, 0.3) is 6.08 Å². The number of nitrogens with one attached hydrogen (secondary N) is 1. The average Bonchev–Trinajstić information content (AvgIpc) is 3.16. The minimum Gasteiger partial charge on any atom is -0.463 e. The summed E-state index contributed by atoms with van der Waals surface area (Å²) in [6.45, 7) is -0.0880. The first kappa shape index (κ1) is 15.5. The van der Waals surface area contributed by atoms with Gasteiger partial charge >= 0.3 is 12.0 Å². The molecule has 122 valence electrons. The molecule has 2 aromatic heterocycles. The first-order valence-electron chi connectivity index (χ1n) is 7.00. The normalized spacial score (nSPS) is 15.7. The number of hydrogen-bond acceptors (Lipinski definition) is 6. The van der Waals surface area contributed by atoms with Gasteiger partial charge in [0.1, 0.15) is 11.5 Å².